The Morgan fingerprint density at radius 2 is 1.65 bits per heavy atom. The Labute approximate surface area is 510 Å². The van der Waals surface area contributed by atoms with Crippen molar-refractivity contribution in [1.82, 2.24) is 49.9 Å². The smallest absolute Gasteiger partial charge is 0.410 e. The highest BCUT2D eigenvalue weighted by Gasteiger charge is 2.47. The molecule has 5 aliphatic rings. The number of nitrogens with zero attached hydrogens (tertiary/aromatic N) is 11. The molecule has 0 spiro atoms. The number of hydrogen-bond acceptors (Lipinski definition) is 16. The summed E-state index contributed by atoms with van der Waals surface area (Å²) in [5, 5.41) is 34.3. The van der Waals surface area contributed by atoms with Gasteiger partial charge >= 0.3 is 12.1 Å². The Morgan fingerprint density at radius 1 is 0.909 bits per heavy atom. The van der Waals surface area contributed by atoms with Gasteiger partial charge < -0.3 is 44.2 Å². The maximum atomic E-state index is 17.3. The Morgan fingerprint density at radius 3 is 2.33 bits per heavy atom. The number of nitrogens with one attached hydrogen (secondary N) is 1. The Hall–Kier alpha value is -8.42. The number of likely N-dealkylation sites (tertiary alicyclic amines) is 2. The summed E-state index contributed by atoms with van der Waals surface area (Å²) >= 11 is 0. The van der Waals surface area contributed by atoms with Crippen LogP contribution in [0.2, 0.25) is 0 Å². The van der Waals surface area contributed by atoms with Gasteiger partial charge in [-0.1, -0.05) is 55.3 Å². The molecule has 5 saturated heterocycles. The van der Waals surface area contributed by atoms with Crippen LogP contribution < -0.4 is 19.9 Å². The number of benzene rings is 3. The number of pyridine rings is 1. The third-order valence-electron chi connectivity index (χ3n) is 18.3. The monoisotopic (exact) mass is 1200 g/mol. The summed E-state index contributed by atoms with van der Waals surface area (Å²) in [5.41, 5.74) is 1.99. The van der Waals surface area contributed by atoms with Crippen LogP contribution in [0.4, 0.5) is 25.2 Å². The number of aromatic hydroxyl groups is 1. The van der Waals surface area contributed by atoms with Crippen LogP contribution in [0.5, 0.6) is 11.8 Å². The predicted octanol–water partition coefficient (Wildman–Crippen LogP) is 8.98. The number of aryl methyl sites for hydroxylation is 1. The molecule has 0 aliphatic carbocycles. The Bertz CT molecular complexity index is 3800. The molecule has 2 bridgehead atoms. The number of hydrogen-bond donors (Lipinski definition) is 3. The van der Waals surface area contributed by atoms with E-state index in [4.69, 9.17) is 25.4 Å². The van der Waals surface area contributed by atoms with E-state index in [-0.39, 0.29) is 101 Å². The number of β-amino-alcohol motifs (C(OH)–C–C–N with tert-alkyl or cyclic N) is 1. The third-order valence-corrected chi connectivity index (χ3v) is 18.3. The number of rotatable bonds is 16. The maximum absolute atomic E-state index is 17.3. The van der Waals surface area contributed by atoms with Crippen molar-refractivity contribution < 1.29 is 47.4 Å². The van der Waals surface area contributed by atoms with Crippen molar-refractivity contribution in [2.45, 2.75) is 122 Å². The molecule has 5 aliphatic heterocycles. The molecule has 4 aromatic heterocycles. The van der Waals surface area contributed by atoms with Crippen LogP contribution in [0, 0.1) is 41.7 Å². The van der Waals surface area contributed by atoms with E-state index in [1.807, 2.05) is 94.8 Å². The van der Waals surface area contributed by atoms with Gasteiger partial charge in [-0.05, 0) is 131 Å². The number of ether oxygens (including phenoxy) is 2. The van der Waals surface area contributed by atoms with Crippen LogP contribution in [0.25, 0.3) is 44.2 Å². The fourth-order valence-electron chi connectivity index (χ4n) is 13.8. The van der Waals surface area contributed by atoms with Gasteiger partial charge in [-0.25, -0.2) is 13.6 Å². The summed E-state index contributed by atoms with van der Waals surface area (Å²) in [5.74, 6) is 1.75. The standard InChI is InChI=1S/C66H76F2N12O8/c1-9-48-51(67)17-14-43-27-46(81)28-49(57(43)48)59-58(68)60-50(31-69-59)61(78-34-44-15-16-45(35-78)80(44)65(85)87-66(5,6)7)73-64(72-60)86-25-24-76-22-19-39(20-23-76)26-40-32-77(33-40)55-30-54(88-74-55)56(37(2)3)63(84)79-36-47(82)29-53(79)62(83)71-38(4)41-10-12-42(13-11-41)52-18-21-70-75(52)8/h1,10-14,17-18,21,27-28,30-31,37-40,44-45,47,53,56,81-82H,15-16,19-20,22-26,29,32-36H2,2-8H3,(H,71,83)/t38-,44?,45?,47+,53-,56+/m0/s1. The topological polar surface area (TPSA) is 221 Å². The van der Waals surface area contributed by atoms with Gasteiger partial charge in [0.2, 0.25) is 11.8 Å². The zero-order valence-corrected chi connectivity index (χ0v) is 50.8. The summed E-state index contributed by atoms with van der Waals surface area (Å²) in [6.07, 6.45) is 12.6. The Kier molecular flexibility index (Phi) is 16.5. The number of piperazine rings is 1. The minimum atomic E-state index is -0.844. The second-order valence-electron chi connectivity index (χ2n) is 25.9. The highest BCUT2D eigenvalue weighted by atomic mass is 19.1. The molecule has 22 heteroatoms. The fourth-order valence-corrected chi connectivity index (χ4v) is 13.8. The lowest BCUT2D eigenvalue weighted by atomic mass is 9.83. The molecule has 0 saturated carbocycles. The number of anilines is 2. The summed E-state index contributed by atoms with van der Waals surface area (Å²) < 4.78 is 52.4. The first-order valence-corrected chi connectivity index (χ1v) is 30.7. The van der Waals surface area contributed by atoms with Crippen LogP contribution in [-0.4, -0.2) is 162 Å². The van der Waals surface area contributed by atoms with Gasteiger partial charge in [-0.15, -0.1) is 6.42 Å². The second kappa shape index (κ2) is 24.3. The van der Waals surface area contributed by atoms with Crippen molar-refractivity contribution in [3.63, 3.8) is 0 Å². The summed E-state index contributed by atoms with van der Waals surface area (Å²) in [7, 11) is 1.89. The largest absolute Gasteiger partial charge is 0.508 e. The van der Waals surface area contributed by atoms with Gasteiger partial charge in [-0.2, -0.15) is 15.1 Å². The molecular formula is C66H76F2N12O8. The van der Waals surface area contributed by atoms with Crippen LogP contribution >= 0.6 is 0 Å². The van der Waals surface area contributed by atoms with Crippen LogP contribution in [0.3, 0.4) is 0 Å². The van der Waals surface area contributed by atoms with Gasteiger partial charge in [0.05, 0.1) is 40.9 Å². The van der Waals surface area contributed by atoms with E-state index >= 15 is 8.78 Å². The lowest BCUT2D eigenvalue weighted by Gasteiger charge is -2.42. The van der Waals surface area contributed by atoms with E-state index in [1.54, 1.807) is 10.9 Å². The molecule has 3 aromatic carbocycles. The number of piperidine rings is 1. The highest BCUT2D eigenvalue weighted by molar-refractivity contribution is 6.03. The number of aliphatic hydroxyl groups excluding tert-OH is 1. The maximum Gasteiger partial charge on any atom is 0.410 e. The van der Waals surface area contributed by atoms with Crippen molar-refractivity contribution >= 4 is 51.2 Å². The number of carbonyl (C=O) groups is 3. The molecular weight excluding hydrogens is 1130 g/mol. The number of carbonyl (C=O) groups excluding carboxylic acids is 3. The van der Waals surface area contributed by atoms with E-state index in [1.165, 1.54) is 35.4 Å². The third kappa shape index (κ3) is 12.0. The van der Waals surface area contributed by atoms with Crippen molar-refractivity contribution in [3.05, 3.63) is 102 Å². The lowest BCUT2D eigenvalue weighted by molar-refractivity contribution is -0.141. The van der Waals surface area contributed by atoms with E-state index in [0.29, 0.717) is 59.6 Å². The molecule has 88 heavy (non-hydrogen) atoms. The van der Waals surface area contributed by atoms with Crippen molar-refractivity contribution in [2.75, 3.05) is 68.8 Å². The minimum absolute atomic E-state index is 0.0300. The number of phenolic OH excluding ortho intramolecular Hbond substituents is 1. The highest BCUT2D eigenvalue weighted by Crippen LogP contribution is 2.42. The first-order valence-electron chi connectivity index (χ1n) is 30.7. The number of amides is 3. The number of aliphatic hydroxyl groups is 1. The fraction of sp³-hybridized carbons (Fsp3) is 0.485. The average molecular weight is 1200 g/mol. The number of terminal acetylenes is 1. The molecule has 5 fully saturated rings. The van der Waals surface area contributed by atoms with Gasteiger partial charge in [0.15, 0.2) is 17.4 Å². The molecule has 462 valence electrons. The number of halogens is 2. The number of phenols is 1. The van der Waals surface area contributed by atoms with Crippen molar-refractivity contribution in [2.24, 2.45) is 24.8 Å². The second-order valence-corrected chi connectivity index (χ2v) is 25.9. The first kappa shape index (κ1) is 59.9. The SMILES string of the molecule is C#Cc1c(F)ccc2cc(O)cc(-c3ncc4c(N5CC6CCC(C5)N6C(=O)OC(C)(C)C)nc(OCCN5CCC(CC6CN(c7cc([C@H](C(=O)N8C[C@H](O)C[C@H]8C(=O)N[C@@H](C)c8ccc(-c9ccnn9C)cc8)C(C)C)on7)C6)CC5)nc4c3F)c12. The van der Waals surface area contributed by atoms with Crippen molar-refractivity contribution in [1.29, 1.82) is 0 Å². The van der Waals surface area contributed by atoms with Crippen molar-refractivity contribution in [3.8, 4) is 46.6 Å². The summed E-state index contributed by atoms with van der Waals surface area (Å²) in [6, 6.07) is 15.6. The average Bonchev–Trinajstić information content (AvgIpc) is 1.29. The molecule has 20 nitrogen and oxygen atoms in total. The van der Waals surface area contributed by atoms with E-state index < -0.39 is 35.3 Å². The summed E-state index contributed by atoms with van der Waals surface area (Å²) in [4.78, 5) is 65.7. The molecule has 3 amide bonds. The summed E-state index contributed by atoms with van der Waals surface area (Å²) in [6.45, 7) is 16.4. The molecule has 9 heterocycles. The molecule has 7 aromatic rings. The normalized spacial score (nSPS) is 20.8. The zero-order valence-electron chi connectivity index (χ0n) is 50.8. The minimum Gasteiger partial charge on any atom is -0.508 e. The molecule has 3 N–H and O–H groups in total. The quantitative estimate of drug-likeness (QED) is 0.0769. The molecule has 0 radical (unpaired) electrons. The number of fused-ring (bicyclic) bond motifs is 4. The van der Waals surface area contributed by atoms with E-state index in [2.05, 4.69) is 41.3 Å². The zero-order chi connectivity index (χ0) is 61.9. The molecule has 6 atom stereocenters. The first-order chi connectivity index (χ1) is 42.2. The molecule has 12 rings (SSSR count). The van der Waals surface area contributed by atoms with Crippen LogP contribution in [0.1, 0.15) is 109 Å². The van der Waals surface area contributed by atoms with Crippen LogP contribution in [-0.2, 0) is 21.4 Å². The Balaban J connectivity index is 0.661. The van der Waals surface area contributed by atoms with Crippen LogP contribution in [0.15, 0.2) is 77.6 Å². The van der Waals surface area contributed by atoms with E-state index in [0.717, 1.165) is 75.1 Å². The van der Waals surface area contributed by atoms with Gasteiger partial charge in [0, 0.05) is 82.1 Å². The van der Waals surface area contributed by atoms with Gasteiger partial charge in [0.1, 0.15) is 52.8 Å². The lowest BCUT2D eigenvalue weighted by Crippen LogP contribution is -2.57. The number of aromatic nitrogens is 6. The van der Waals surface area contributed by atoms with Gasteiger partial charge in [-0.3, -0.25) is 29.1 Å². The molecule has 2 unspecified atom stereocenters. The van der Waals surface area contributed by atoms with Gasteiger partial charge in [0.25, 0.3) is 0 Å². The predicted molar refractivity (Wildman–Crippen MR) is 327 cm³/mol. The van der Waals surface area contributed by atoms with E-state index in [9.17, 15) is 24.6 Å².